The molecule has 1 fully saturated rings. The molecule has 8 nitrogen and oxygen atoms in total. The Morgan fingerprint density at radius 3 is 2.57 bits per heavy atom. The van der Waals surface area contributed by atoms with E-state index < -0.39 is 0 Å². The van der Waals surface area contributed by atoms with Crippen LogP contribution in [0.3, 0.4) is 0 Å². The molecular formula is C21H20N4O4S. The summed E-state index contributed by atoms with van der Waals surface area (Å²) in [5.74, 6) is 0.392. The SMILES string of the molecule is COc1ccc(C(=O)Nc2nnc([C@@H]3CC(=O)N(c4ccc(SC)cc4)C3)o2)cc1. The lowest BCUT2D eigenvalue weighted by atomic mass is 10.1. The fourth-order valence-electron chi connectivity index (χ4n) is 3.25. The minimum atomic E-state index is -0.370. The van der Waals surface area contributed by atoms with Crippen LogP contribution in [0, 0.1) is 0 Å². The van der Waals surface area contributed by atoms with Gasteiger partial charge in [0, 0.05) is 29.1 Å². The van der Waals surface area contributed by atoms with Gasteiger partial charge in [0.15, 0.2) is 0 Å². The number of nitrogens with one attached hydrogen (secondary N) is 1. The van der Waals surface area contributed by atoms with Crippen LogP contribution >= 0.6 is 11.8 Å². The van der Waals surface area contributed by atoms with Crippen molar-refractivity contribution in [3.05, 3.63) is 60.0 Å². The van der Waals surface area contributed by atoms with Gasteiger partial charge in [-0.15, -0.1) is 16.9 Å². The molecule has 154 valence electrons. The molecule has 2 aromatic carbocycles. The number of hydrogen-bond acceptors (Lipinski definition) is 7. The molecule has 1 aliphatic heterocycles. The molecule has 2 amide bonds. The molecule has 0 aliphatic carbocycles. The summed E-state index contributed by atoms with van der Waals surface area (Å²) in [6.45, 7) is 0.450. The zero-order chi connectivity index (χ0) is 21.1. The molecule has 0 spiro atoms. The van der Waals surface area contributed by atoms with Crippen molar-refractivity contribution in [2.24, 2.45) is 0 Å². The molecular weight excluding hydrogens is 404 g/mol. The smallest absolute Gasteiger partial charge is 0.322 e. The van der Waals surface area contributed by atoms with Crippen molar-refractivity contribution < 1.29 is 18.7 Å². The number of methoxy groups -OCH3 is 1. The Kier molecular flexibility index (Phi) is 5.71. The maximum absolute atomic E-state index is 12.5. The molecule has 1 N–H and O–H groups in total. The van der Waals surface area contributed by atoms with Crippen molar-refractivity contribution in [3.63, 3.8) is 0 Å². The van der Waals surface area contributed by atoms with Crippen molar-refractivity contribution >= 4 is 35.3 Å². The van der Waals surface area contributed by atoms with E-state index in [0.29, 0.717) is 23.7 Å². The first-order valence-corrected chi connectivity index (χ1v) is 10.5. The summed E-state index contributed by atoms with van der Waals surface area (Å²) < 4.78 is 10.7. The van der Waals surface area contributed by atoms with E-state index in [1.165, 1.54) is 0 Å². The van der Waals surface area contributed by atoms with Crippen LogP contribution in [0.5, 0.6) is 5.75 Å². The topological polar surface area (TPSA) is 97.6 Å². The fraction of sp³-hybridized carbons (Fsp3) is 0.238. The van der Waals surface area contributed by atoms with Gasteiger partial charge in [0.2, 0.25) is 11.8 Å². The second-order valence-corrected chi connectivity index (χ2v) is 7.61. The van der Waals surface area contributed by atoms with Crippen LogP contribution in [0.2, 0.25) is 0 Å². The van der Waals surface area contributed by atoms with Gasteiger partial charge in [0.25, 0.3) is 5.91 Å². The first-order valence-electron chi connectivity index (χ1n) is 9.30. The van der Waals surface area contributed by atoms with Crippen LogP contribution in [0.1, 0.15) is 28.6 Å². The summed E-state index contributed by atoms with van der Waals surface area (Å²) in [5.41, 5.74) is 1.28. The summed E-state index contributed by atoms with van der Waals surface area (Å²) in [7, 11) is 1.56. The monoisotopic (exact) mass is 424 g/mol. The molecule has 4 rings (SSSR count). The molecule has 1 aromatic heterocycles. The van der Waals surface area contributed by atoms with Crippen LogP contribution < -0.4 is 15.0 Å². The Morgan fingerprint density at radius 1 is 1.17 bits per heavy atom. The highest BCUT2D eigenvalue weighted by molar-refractivity contribution is 7.98. The number of benzene rings is 2. The van der Waals surface area contributed by atoms with Crippen LogP contribution in [0.25, 0.3) is 0 Å². The third-order valence-electron chi connectivity index (χ3n) is 4.87. The summed E-state index contributed by atoms with van der Waals surface area (Å²) in [6.07, 6.45) is 2.28. The standard InChI is InChI=1S/C21H20N4O4S/c1-28-16-7-3-13(4-8-16)19(27)22-21-24-23-20(29-21)14-11-18(26)25(12-14)15-5-9-17(30-2)10-6-15/h3-10,14H,11-12H2,1-2H3,(H,22,24,27)/t14-/m1/s1. The Morgan fingerprint density at radius 2 is 1.90 bits per heavy atom. The highest BCUT2D eigenvalue weighted by Crippen LogP contribution is 2.32. The molecule has 1 aliphatic rings. The number of nitrogens with zero attached hydrogens (tertiary/aromatic N) is 3. The van der Waals surface area contributed by atoms with Crippen molar-refractivity contribution in [1.82, 2.24) is 10.2 Å². The number of amides is 2. The van der Waals surface area contributed by atoms with Gasteiger partial charge in [0.1, 0.15) is 5.75 Å². The average Bonchev–Trinajstić information content (AvgIpc) is 3.40. The lowest BCUT2D eigenvalue weighted by Gasteiger charge is -2.16. The van der Waals surface area contributed by atoms with Gasteiger partial charge in [-0.2, -0.15) is 0 Å². The van der Waals surface area contributed by atoms with Crippen LogP contribution in [0.15, 0.2) is 57.8 Å². The number of anilines is 2. The average molecular weight is 424 g/mol. The Hall–Kier alpha value is -3.33. The molecule has 2 heterocycles. The van der Waals surface area contributed by atoms with Gasteiger partial charge >= 0.3 is 6.01 Å². The molecule has 0 radical (unpaired) electrons. The number of hydrogen-bond donors (Lipinski definition) is 1. The fourth-order valence-corrected chi connectivity index (χ4v) is 3.65. The second kappa shape index (κ2) is 8.58. The van der Waals surface area contributed by atoms with Crippen LogP contribution in [-0.2, 0) is 4.79 Å². The van der Waals surface area contributed by atoms with E-state index in [2.05, 4.69) is 15.5 Å². The maximum Gasteiger partial charge on any atom is 0.322 e. The van der Waals surface area contributed by atoms with Gasteiger partial charge < -0.3 is 14.1 Å². The van der Waals surface area contributed by atoms with Gasteiger partial charge in [-0.25, -0.2) is 0 Å². The molecule has 30 heavy (non-hydrogen) atoms. The molecule has 0 saturated carbocycles. The number of carbonyl (C=O) groups excluding carboxylic acids is 2. The summed E-state index contributed by atoms with van der Waals surface area (Å²) >= 11 is 1.65. The number of aromatic nitrogens is 2. The highest BCUT2D eigenvalue weighted by Gasteiger charge is 2.35. The molecule has 1 atom stereocenters. The zero-order valence-corrected chi connectivity index (χ0v) is 17.3. The van der Waals surface area contributed by atoms with Gasteiger partial charge in [-0.3, -0.25) is 14.9 Å². The quantitative estimate of drug-likeness (QED) is 0.604. The summed E-state index contributed by atoms with van der Waals surface area (Å²) in [5, 5.41) is 10.5. The third-order valence-corrected chi connectivity index (χ3v) is 5.62. The number of rotatable bonds is 6. The first kappa shape index (κ1) is 20.0. The van der Waals surface area contributed by atoms with E-state index in [-0.39, 0.29) is 30.2 Å². The van der Waals surface area contributed by atoms with Crippen molar-refractivity contribution in [1.29, 1.82) is 0 Å². The lowest BCUT2D eigenvalue weighted by Crippen LogP contribution is -2.24. The van der Waals surface area contributed by atoms with E-state index >= 15 is 0 Å². The van der Waals surface area contributed by atoms with Crippen molar-refractivity contribution in [3.8, 4) is 5.75 Å². The second-order valence-electron chi connectivity index (χ2n) is 6.73. The van der Waals surface area contributed by atoms with Crippen LogP contribution in [-0.4, -0.2) is 41.9 Å². The largest absolute Gasteiger partial charge is 0.497 e. The molecule has 3 aromatic rings. The van der Waals surface area contributed by atoms with Gasteiger partial charge in [0.05, 0.1) is 13.0 Å². The van der Waals surface area contributed by atoms with E-state index in [1.54, 1.807) is 48.0 Å². The molecule has 1 saturated heterocycles. The minimum Gasteiger partial charge on any atom is -0.497 e. The first-order chi connectivity index (χ1) is 14.6. The predicted molar refractivity (Wildman–Crippen MR) is 113 cm³/mol. The molecule has 0 bridgehead atoms. The summed E-state index contributed by atoms with van der Waals surface area (Å²) in [6, 6.07) is 14.5. The van der Waals surface area contributed by atoms with Crippen molar-refractivity contribution in [2.45, 2.75) is 17.2 Å². The van der Waals surface area contributed by atoms with E-state index in [0.717, 1.165) is 10.6 Å². The van der Waals surface area contributed by atoms with E-state index in [4.69, 9.17) is 9.15 Å². The Bertz CT molecular complexity index is 1050. The third kappa shape index (κ3) is 4.16. The highest BCUT2D eigenvalue weighted by atomic mass is 32.2. The molecule has 0 unspecified atom stereocenters. The van der Waals surface area contributed by atoms with Crippen molar-refractivity contribution in [2.75, 3.05) is 30.1 Å². The van der Waals surface area contributed by atoms with E-state index in [1.807, 2.05) is 30.5 Å². The number of thioether (sulfide) groups is 1. The zero-order valence-electron chi connectivity index (χ0n) is 16.5. The minimum absolute atomic E-state index is 0.000963. The van der Waals surface area contributed by atoms with E-state index in [9.17, 15) is 9.59 Å². The lowest BCUT2D eigenvalue weighted by molar-refractivity contribution is -0.117. The van der Waals surface area contributed by atoms with Crippen LogP contribution in [0.4, 0.5) is 11.7 Å². The predicted octanol–water partition coefficient (Wildman–Crippen LogP) is 3.57. The maximum atomic E-state index is 12.5. The normalized spacial score (nSPS) is 16.0. The van der Waals surface area contributed by atoms with Gasteiger partial charge in [-0.1, -0.05) is 5.10 Å². The number of ether oxygens (including phenoxy) is 1. The Labute approximate surface area is 177 Å². The molecule has 9 heteroatoms. The number of carbonyl (C=O) groups is 2. The van der Waals surface area contributed by atoms with Gasteiger partial charge in [-0.05, 0) is 54.8 Å². The summed E-state index contributed by atoms with van der Waals surface area (Å²) in [4.78, 5) is 27.7. The Balaban J connectivity index is 1.42.